The van der Waals surface area contributed by atoms with Gasteiger partial charge in [-0.1, -0.05) is 19.1 Å². The Balaban J connectivity index is 1.52. The second kappa shape index (κ2) is 6.86. The molecule has 3 rings (SSSR count). The molecular formula is C17H25N3S. The third-order valence-electron chi connectivity index (χ3n) is 4.22. The molecule has 2 unspecified atom stereocenters. The van der Waals surface area contributed by atoms with E-state index in [-0.39, 0.29) is 0 Å². The molecule has 1 aliphatic rings. The van der Waals surface area contributed by atoms with Crippen LogP contribution in [0.15, 0.2) is 24.3 Å². The number of likely N-dealkylation sites (tertiary alicyclic amines) is 1. The summed E-state index contributed by atoms with van der Waals surface area (Å²) in [6, 6.07) is 8.73. The molecule has 0 spiro atoms. The Hall–Kier alpha value is -0.970. The van der Waals surface area contributed by atoms with E-state index in [4.69, 9.17) is 4.98 Å². The Bertz CT molecular complexity index is 541. The molecule has 2 heterocycles. The highest BCUT2D eigenvalue weighted by atomic mass is 32.1. The van der Waals surface area contributed by atoms with Crippen molar-refractivity contribution >= 4 is 21.6 Å². The van der Waals surface area contributed by atoms with E-state index in [9.17, 15) is 0 Å². The molecule has 1 aliphatic heterocycles. The van der Waals surface area contributed by atoms with Crippen LogP contribution in [0.1, 0.15) is 37.7 Å². The number of fused-ring (bicyclic) bond motifs is 1. The molecule has 2 atom stereocenters. The molecule has 1 N–H and O–H groups in total. The van der Waals surface area contributed by atoms with Crippen molar-refractivity contribution < 1.29 is 0 Å². The van der Waals surface area contributed by atoms with Crippen LogP contribution in [-0.4, -0.2) is 36.1 Å². The topological polar surface area (TPSA) is 28.2 Å². The Labute approximate surface area is 131 Å². The standard InChI is InChI=1S/C17H25N3S/c1-13(12-20-9-5-6-10-20)11-18-14(2)17-19-15-7-3-4-8-16(15)21-17/h3-4,7-8,13-14,18H,5-6,9-12H2,1-2H3. The second-order valence-corrected chi connectivity index (χ2v) is 7.32. The maximum atomic E-state index is 4.74. The summed E-state index contributed by atoms with van der Waals surface area (Å²) in [5, 5.41) is 4.85. The lowest BCUT2D eigenvalue weighted by atomic mass is 10.1. The van der Waals surface area contributed by atoms with Gasteiger partial charge in [-0.3, -0.25) is 0 Å². The maximum absolute atomic E-state index is 4.74. The highest BCUT2D eigenvalue weighted by molar-refractivity contribution is 7.18. The minimum absolute atomic E-state index is 0.337. The van der Waals surface area contributed by atoms with E-state index < -0.39 is 0 Å². The van der Waals surface area contributed by atoms with E-state index in [0.717, 1.165) is 12.1 Å². The summed E-state index contributed by atoms with van der Waals surface area (Å²) in [6.45, 7) is 9.43. The Morgan fingerprint density at radius 3 is 2.76 bits per heavy atom. The lowest BCUT2D eigenvalue weighted by Crippen LogP contribution is -2.32. The van der Waals surface area contributed by atoms with Gasteiger partial charge in [-0.2, -0.15) is 0 Å². The first kappa shape index (κ1) is 14.9. The van der Waals surface area contributed by atoms with Gasteiger partial charge in [0.15, 0.2) is 0 Å². The number of rotatable bonds is 6. The fourth-order valence-electron chi connectivity index (χ4n) is 3.01. The predicted octanol–water partition coefficient (Wildman–Crippen LogP) is 3.68. The highest BCUT2D eigenvalue weighted by Gasteiger charge is 2.16. The van der Waals surface area contributed by atoms with E-state index in [1.165, 1.54) is 42.2 Å². The smallest absolute Gasteiger partial charge is 0.111 e. The fraction of sp³-hybridized carbons (Fsp3) is 0.588. The Kier molecular flexibility index (Phi) is 4.88. The van der Waals surface area contributed by atoms with E-state index in [1.807, 2.05) is 0 Å². The molecular weight excluding hydrogens is 278 g/mol. The van der Waals surface area contributed by atoms with Crippen molar-refractivity contribution in [2.45, 2.75) is 32.7 Å². The van der Waals surface area contributed by atoms with Crippen LogP contribution in [0.2, 0.25) is 0 Å². The second-order valence-electron chi connectivity index (χ2n) is 6.26. The summed E-state index contributed by atoms with van der Waals surface area (Å²) in [4.78, 5) is 7.33. The van der Waals surface area contributed by atoms with Crippen LogP contribution in [0, 0.1) is 5.92 Å². The number of hydrogen-bond acceptors (Lipinski definition) is 4. The van der Waals surface area contributed by atoms with Crippen molar-refractivity contribution in [3.63, 3.8) is 0 Å². The van der Waals surface area contributed by atoms with Crippen molar-refractivity contribution in [3.05, 3.63) is 29.3 Å². The van der Waals surface area contributed by atoms with Crippen LogP contribution < -0.4 is 5.32 Å². The van der Waals surface area contributed by atoms with E-state index in [2.05, 4.69) is 48.3 Å². The van der Waals surface area contributed by atoms with Crippen LogP contribution in [0.3, 0.4) is 0 Å². The minimum Gasteiger partial charge on any atom is -0.308 e. The molecule has 1 aromatic heterocycles. The normalized spacial score (nSPS) is 19.1. The summed E-state index contributed by atoms with van der Waals surface area (Å²) in [5.41, 5.74) is 1.12. The zero-order valence-corrected chi connectivity index (χ0v) is 13.8. The summed E-state index contributed by atoms with van der Waals surface area (Å²) in [7, 11) is 0. The van der Waals surface area contributed by atoms with Gasteiger partial charge in [0.25, 0.3) is 0 Å². The Morgan fingerprint density at radius 1 is 1.24 bits per heavy atom. The molecule has 0 radical (unpaired) electrons. The number of nitrogens with one attached hydrogen (secondary N) is 1. The summed E-state index contributed by atoms with van der Waals surface area (Å²) < 4.78 is 1.28. The van der Waals surface area contributed by atoms with E-state index >= 15 is 0 Å². The van der Waals surface area contributed by atoms with Gasteiger partial charge in [-0.25, -0.2) is 4.98 Å². The molecule has 1 fully saturated rings. The third-order valence-corrected chi connectivity index (χ3v) is 5.44. The molecule has 0 amide bonds. The van der Waals surface area contributed by atoms with Gasteiger partial charge in [0.05, 0.1) is 16.3 Å². The van der Waals surface area contributed by atoms with Crippen molar-refractivity contribution in [1.82, 2.24) is 15.2 Å². The van der Waals surface area contributed by atoms with Gasteiger partial charge in [0.2, 0.25) is 0 Å². The Morgan fingerprint density at radius 2 is 2.00 bits per heavy atom. The number of para-hydroxylation sites is 1. The first-order valence-electron chi connectivity index (χ1n) is 8.03. The molecule has 21 heavy (non-hydrogen) atoms. The van der Waals surface area contributed by atoms with Crippen molar-refractivity contribution in [2.24, 2.45) is 5.92 Å². The molecule has 0 aliphatic carbocycles. The predicted molar refractivity (Wildman–Crippen MR) is 90.9 cm³/mol. The van der Waals surface area contributed by atoms with E-state index in [1.54, 1.807) is 11.3 Å². The van der Waals surface area contributed by atoms with Gasteiger partial charge in [-0.15, -0.1) is 11.3 Å². The lowest BCUT2D eigenvalue weighted by Gasteiger charge is -2.21. The fourth-order valence-corrected chi connectivity index (χ4v) is 4.01. The number of aromatic nitrogens is 1. The average Bonchev–Trinajstić information content (AvgIpc) is 3.13. The van der Waals surface area contributed by atoms with Gasteiger partial charge in [-0.05, 0) is 57.5 Å². The maximum Gasteiger partial charge on any atom is 0.111 e. The molecule has 3 nitrogen and oxygen atoms in total. The summed E-state index contributed by atoms with van der Waals surface area (Å²) in [6.07, 6.45) is 2.75. The van der Waals surface area contributed by atoms with Crippen LogP contribution in [0.25, 0.3) is 10.2 Å². The summed E-state index contributed by atoms with van der Waals surface area (Å²) in [5.74, 6) is 0.694. The zero-order chi connectivity index (χ0) is 14.7. The summed E-state index contributed by atoms with van der Waals surface area (Å²) >= 11 is 1.81. The quantitative estimate of drug-likeness (QED) is 0.882. The van der Waals surface area contributed by atoms with Gasteiger partial charge >= 0.3 is 0 Å². The first-order valence-corrected chi connectivity index (χ1v) is 8.85. The van der Waals surface area contributed by atoms with Crippen molar-refractivity contribution in [1.29, 1.82) is 0 Å². The molecule has 1 aromatic carbocycles. The van der Waals surface area contributed by atoms with Crippen LogP contribution >= 0.6 is 11.3 Å². The van der Waals surface area contributed by atoms with Crippen LogP contribution in [-0.2, 0) is 0 Å². The van der Waals surface area contributed by atoms with Gasteiger partial charge in [0.1, 0.15) is 5.01 Å². The number of thiazole rings is 1. The molecule has 1 saturated heterocycles. The number of benzene rings is 1. The van der Waals surface area contributed by atoms with Crippen LogP contribution in [0.5, 0.6) is 0 Å². The molecule has 4 heteroatoms. The monoisotopic (exact) mass is 303 g/mol. The van der Waals surface area contributed by atoms with E-state index in [0.29, 0.717) is 12.0 Å². The molecule has 0 saturated carbocycles. The number of nitrogens with zero attached hydrogens (tertiary/aromatic N) is 2. The van der Waals surface area contributed by atoms with Gasteiger partial charge < -0.3 is 10.2 Å². The lowest BCUT2D eigenvalue weighted by molar-refractivity contribution is 0.279. The van der Waals surface area contributed by atoms with Crippen molar-refractivity contribution in [2.75, 3.05) is 26.2 Å². The third kappa shape index (κ3) is 3.82. The van der Waals surface area contributed by atoms with Crippen LogP contribution in [0.4, 0.5) is 0 Å². The SMILES string of the molecule is CC(CNC(C)c1nc2ccccc2s1)CN1CCCC1. The zero-order valence-electron chi connectivity index (χ0n) is 13.0. The number of hydrogen-bond donors (Lipinski definition) is 1. The first-order chi connectivity index (χ1) is 10.2. The largest absolute Gasteiger partial charge is 0.308 e. The molecule has 0 bridgehead atoms. The molecule has 114 valence electrons. The molecule has 2 aromatic rings. The van der Waals surface area contributed by atoms with Crippen molar-refractivity contribution in [3.8, 4) is 0 Å². The minimum atomic E-state index is 0.337. The average molecular weight is 303 g/mol. The van der Waals surface area contributed by atoms with Gasteiger partial charge in [0, 0.05) is 6.54 Å². The highest BCUT2D eigenvalue weighted by Crippen LogP contribution is 2.26.